The number of piperidine rings is 1. The van der Waals surface area contributed by atoms with Crippen molar-refractivity contribution in [2.45, 2.75) is 32.7 Å². The predicted octanol–water partition coefficient (Wildman–Crippen LogP) is 2.39. The summed E-state index contributed by atoms with van der Waals surface area (Å²) in [5.74, 6) is 0. The van der Waals surface area contributed by atoms with Crippen LogP contribution in [0, 0.1) is 6.92 Å². The normalized spacial score (nSPS) is 21.1. The van der Waals surface area contributed by atoms with Gasteiger partial charge in [-0.2, -0.15) is 0 Å². The second-order valence-corrected chi connectivity index (χ2v) is 6.14. The summed E-state index contributed by atoms with van der Waals surface area (Å²) in [5, 5.41) is 3.43. The van der Waals surface area contributed by atoms with Gasteiger partial charge in [-0.1, -0.05) is 12.1 Å². The quantitative estimate of drug-likeness (QED) is 0.912. The van der Waals surface area contributed by atoms with Gasteiger partial charge in [0.2, 0.25) is 0 Å². The summed E-state index contributed by atoms with van der Waals surface area (Å²) in [5.41, 5.74) is 4.47. The van der Waals surface area contributed by atoms with Gasteiger partial charge in [-0.3, -0.25) is 4.90 Å². The minimum atomic E-state index is 1.11. The molecule has 0 unspecified atom stereocenters. The van der Waals surface area contributed by atoms with Crippen LogP contribution < -0.4 is 10.2 Å². The van der Waals surface area contributed by atoms with E-state index in [4.69, 9.17) is 0 Å². The lowest BCUT2D eigenvalue weighted by Crippen LogP contribution is -2.43. The fraction of sp³-hybridized carbons (Fsp3) is 0.647. The smallest absolute Gasteiger partial charge is 0.0399 e. The molecule has 2 aliphatic heterocycles. The lowest BCUT2D eigenvalue weighted by atomic mass is 10.0. The van der Waals surface area contributed by atoms with E-state index in [1.54, 1.807) is 0 Å². The van der Waals surface area contributed by atoms with Crippen LogP contribution in [0.2, 0.25) is 0 Å². The minimum absolute atomic E-state index is 1.11. The van der Waals surface area contributed by atoms with Crippen molar-refractivity contribution < 1.29 is 0 Å². The molecule has 1 N–H and O–H groups in total. The molecule has 0 atom stereocenters. The minimum Gasteiger partial charge on any atom is -0.371 e. The van der Waals surface area contributed by atoms with E-state index in [0.717, 1.165) is 19.6 Å². The summed E-state index contributed by atoms with van der Waals surface area (Å²) < 4.78 is 0. The average Bonchev–Trinajstić information content (AvgIpc) is 2.51. The largest absolute Gasteiger partial charge is 0.371 e. The highest BCUT2D eigenvalue weighted by molar-refractivity contribution is 5.56. The van der Waals surface area contributed by atoms with Crippen LogP contribution in [0.15, 0.2) is 18.2 Å². The zero-order valence-corrected chi connectivity index (χ0v) is 12.7. The maximum absolute atomic E-state index is 3.43. The first-order chi connectivity index (χ1) is 9.84. The molecule has 2 heterocycles. The van der Waals surface area contributed by atoms with Crippen molar-refractivity contribution in [2.24, 2.45) is 0 Å². The van der Waals surface area contributed by atoms with Crippen LogP contribution in [0.25, 0.3) is 0 Å². The first-order valence-corrected chi connectivity index (χ1v) is 8.11. The van der Waals surface area contributed by atoms with Gasteiger partial charge >= 0.3 is 0 Å². The summed E-state index contributed by atoms with van der Waals surface area (Å²) >= 11 is 0. The third-order valence-electron chi connectivity index (χ3n) is 4.72. The predicted molar refractivity (Wildman–Crippen MR) is 85.4 cm³/mol. The van der Waals surface area contributed by atoms with Gasteiger partial charge in [0.25, 0.3) is 0 Å². The van der Waals surface area contributed by atoms with Gasteiger partial charge in [0.05, 0.1) is 0 Å². The monoisotopic (exact) mass is 273 g/mol. The number of rotatable bonds is 3. The highest BCUT2D eigenvalue weighted by Gasteiger charge is 2.16. The van der Waals surface area contributed by atoms with Crippen molar-refractivity contribution in [3.63, 3.8) is 0 Å². The molecule has 0 spiro atoms. The Balaban J connectivity index is 1.74. The summed E-state index contributed by atoms with van der Waals surface area (Å²) in [4.78, 5) is 5.15. The third kappa shape index (κ3) is 3.15. The van der Waals surface area contributed by atoms with E-state index in [0.29, 0.717) is 0 Å². The van der Waals surface area contributed by atoms with E-state index >= 15 is 0 Å². The molecule has 1 aromatic rings. The third-order valence-corrected chi connectivity index (χ3v) is 4.72. The summed E-state index contributed by atoms with van der Waals surface area (Å²) in [6.07, 6.45) is 4.10. The molecule has 0 aliphatic carbocycles. The van der Waals surface area contributed by atoms with Gasteiger partial charge in [-0.05, 0) is 43.4 Å². The standard InChI is InChI=1S/C17H27N3/c1-15-16(14-19-12-8-18-9-13-19)6-5-7-17(15)20-10-3-2-4-11-20/h5-7,18H,2-4,8-14H2,1H3. The molecule has 20 heavy (non-hydrogen) atoms. The number of hydrogen-bond acceptors (Lipinski definition) is 3. The van der Waals surface area contributed by atoms with Crippen LogP contribution in [0.3, 0.4) is 0 Å². The Morgan fingerprint density at radius 1 is 1.00 bits per heavy atom. The molecular weight excluding hydrogens is 246 g/mol. The zero-order valence-electron chi connectivity index (χ0n) is 12.7. The number of anilines is 1. The number of nitrogens with zero attached hydrogens (tertiary/aromatic N) is 2. The Hall–Kier alpha value is -1.06. The van der Waals surface area contributed by atoms with Crippen LogP contribution in [0.1, 0.15) is 30.4 Å². The summed E-state index contributed by atoms with van der Waals surface area (Å²) in [6, 6.07) is 6.86. The van der Waals surface area contributed by atoms with Gasteiger partial charge < -0.3 is 10.2 Å². The Labute approximate surface area is 123 Å². The SMILES string of the molecule is Cc1c(CN2CCNCC2)cccc1N1CCCCC1. The molecule has 3 heteroatoms. The second-order valence-electron chi connectivity index (χ2n) is 6.14. The Kier molecular flexibility index (Phi) is 4.58. The molecule has 3 nitrogen and oxygen atoms in total. The van der Waals surface area contributed by atoms with Crippen molar-refractivity contribution in [3.05, 3.63) is 29.3 Å². The Morgan fingerprint density at radius 2 is 1.75 bits per heavy atom. The summed E-state index contributed by atoms with van der Waals surface area (Å²) in [6.45, 7) is 10.5. The van der Waals surface area contributed by atoms with Gasteiger partial charge in [0.1, 0.15) is 0 Å². The van der Waals surface area contributed by atoms with Gasteiger partial charge in [0, 0.05) is 51.5 Å². The topological polar surface area (TPSA) is 18.5 Å². The van der Waals surface area contributed by atoms with Crippen LogP contribution in [-0.4, -0.2) is 44.2 Å². The zero-order chi connectivity index (χ0) is 13.8. The molecule has 0 bridgehead atoms. The fourth-order valence-corrected chi connectivity index (χ4v) is 3.43. The van der Waals surface area contributed by atoms with Crippen molar-refractivity contribution in [3.8, 4) is 0 Å². The average molecular weight is 273 g/mol. The number of nitrogens with one attached hydrogen (secondary N) is 1. The molecule has 2 fully saturated rings. The van der Waals surface area contributed by atoms with Gasteiger partial charge in [0.15, 0.2) is 0 Å². The molecule has 0 amide bonds. The molecule has 0 saturated carbocycles. The highest BCUT2D eigenvalue weighted by Crippen LogP contribution is 2.26. The molecule has 2 aliphatic rings. The molecular formula is C17H27N3. The molecule has 0 radical (unpaired) electrons. The van der Waals surface area contributed by atoms with Crippen LogP contribution in [0.5, 0.6) is 0 Å². The molecule has 3 rings (SSSR count). The number of hydrogen-bond donors (Lipinski definition) is 1. The Bertz CT molecular complexity index is 432. The highest BCUT2D eigenvalue weighted by atomic mass is 15.2. The van der Waals surface area contributed by atoms with Gasteiger partial charge in [-0.25, -0.2) is 0 Å². The molecule has 0 aromatic heterocycles. The number of piperazine rings is 1. The van der Waals surface area contributed by atoms with E-state index in [1.165, 1.54) is 62.3 Å². The first-order valence-electron chi connectivity index (χ1n) is 8.11. The number of benzene rings is 1. The van der Waals surface area contributed by atoms with Crippen molar-refractivity contribution >= 4 is 5.69 Å². The van der Waals surface area contributed by atoms with E-state index in [2.05, 4.69) is 40.2 Å². The van der Waals surface area contributed by atoms with E-state index < -0.39 is 0 Å². The second kappa shape index (κ2) is 6.59. The fourth-order valence-electron chi connectivity index (χ4n) is 3.43. The molecule has 1 aromatic carbocycles. The van der Waals surface area contributed by atoms with E-state index in [1.807, 2.05) is 0 Å². The lowest BCUT2D eigenvalue weighted by Gasteiger charge is -2.32. The van der Waals surface area contributed by atoms with Crippen LogP contribution in [-0.2, 0) is 6.54 Å². The van der Waals surface area contributed by atoms with Gasteiger partial charge in [-0.15, -0.1) is 0 Å². The maximum atomic E-state index is 3.43. The first kappa shape index (κ1) is 13.9. The maximum Gasteiger partial charge on any atom is 0.0399 e. The van der Waals surface area contributed by atoms with E-state index in [-0.39, 0.29) is 0 Å². The van der Waals surface area contributed by atoms with Crippen molar-refractivity contribution in [1.29, 1.82) is 0 Å². The van der Waals surface area contributed by atoms with Crippen molar-refractivity contribution in [1.82, 2.24) is 10.2 Å². The molecule has 2 saturated heterocycles. The summed E-state index contributed by atoms with van der Waals surface area (Å²) in [7, 11) is 0. The van der Waals surface area contributed by atoms with Crippen molar-refractivity contribution in [2.75, 3.05) is 44.2 Å². The lowest BCUT2D eigenvalue weighted by molar-refractivity contribution is 0.233. The van der Waals surface area contributed by atoms with Crippen LogP contribution >= 0.6 is 0 Å². The van der Waals surface area contributed by atoms with Crippen LogP contribution in [0.4, 0.5) is 5.69 Å². The Morgan fingerprint density at radius 3 is 2.50 bits per heavy atom. The van der Waals surface area contributed by atoms with E-state index in [9.17, 15) is 0 Å². The molecule has 110 valence electrons.